The van der Waals surface area contributed by atoms with Gasteiger partial charge < -0.3 is 5.11 Å². The maximum Gasteiger partial charge on any atom is 0.214 e. The molecule has 0 aliphatic rings. The summed E-state index contributed by atoms with van der Waals surface area (Å²) in [4.78, 5) is 3.93. The summed E-state index contributed by atoms with van der Waals surface area (Å²) in [5.74, 6) is 0.123. The van der Waals surface area contributed by atoms with Crippen LogP contribution in [0.15, 0.2) is 18.5 Å². The van der Waals surface area contributed by atoms with Crippen LogP contribution >= 0.6 is 0 Å². The third-order valence-corrected chi connectivity index (χ3v) is 1.50. The number of aryl methyl sites for hydroxylation is 1. The number of pyridine rings is 1. The Kier molecular flexibility index (Phi) is 1.09. The number of aromatic hydroxyl groups is 1. The lowest BCUT2D eigenvalue weighted by Crippen LogP contribution is -1.88. The largest absolute Gasteiger partial charge is 0.493 e. The molecule has 0 radical (unpaired) electrons. The van der Waals surface area contributed by atoms with Gasteiger partial charge in [0.15, 0.2) is 5.65 Å². The van der Waals surface area contributed by atoms with Crippen molar-refractivity contribution < 1.29 is 5.11 Å². The molecule has 0 amide bonds. The Morgan fingerprint density at radius 2 is 2.27 bits per heavy atom. The Morgan fingerprint density at radius 3 is 3.09 bits per heavy atom. The molecular weight excluding hydrogens is 142 g/mol. The van der Waals surface area contributed by atoms with Gasteiger partial charge in [0.1, 0.15) is 6.33 Å². The standard InChI is InChI=1S/C7H7N3O/c1-5-2-6-8-4-9-10(6)7(11)3-5/h2-4,11H,1H3. The first-order valence-corrected chi connectivity index (χ1v) is 3.27. The maximum atomic E-state index is 9.30. The molecule has 2 aromatic rings. The van der Waals surface area contributed by atoms with Crippen LogP contribution in [-0.2, 0) is 0 Å². The summed E-state index contributed by atoms with van der Waals surface area (Å²) in [6.07, 6.45) is 1.41. The minimum absolute atomic E-state index is 0.123. The van der Waals surface area contributed by atoms with Gasteiger partial charge >= 0.3 is 0 Å². The summed E-state index contributed by atoms with van der Waals surface area (Å²) in [6.45, 7) is 1.90. The Morgan fingerprint density at radius 1 is 1.45 bits per heavy atom. The summed E-state index contributed by atoms with van der Waals surface area (Å²) in [5, 5.41) is 13.1. The fraction of sp³-hybridized carbons (Fsp3) is 0.143. The average Bonchev–Trinajstić information content (AvgIpc) is 2.34. The predicted molar refractivity (Wildman–Crippen MR) is 39.4 cm³/mol. The van der Waals surface area contributed by atoms with Crippen molar-refractivity contribution in [2.75, 3.05) is 0 Å². The molecule has 0 saturated heterocycles. The molecule has 0 bridgehead atoms. The number of rotatable bonds is 0. The molecule has 0 atom stereocenters. The van der Waals surface area contributed by atoms with E-state index in [1.54, 1.807) is 6.07 Å². The first kappa shape index (κ1) is 6.15. The summed E-state index contributed by atoms with van der Waals surface area (Å²) in [6, 6.07) is 3.49. The zero-order valence-electron chi connectivity index (χ0n) is 6.02. The van der Waals surface area contributed by atoms with Gasteiger partial charge in [0.25, 0.3) is 0 Å². The van der Waals surface area contributed by atoms with Crippen LogP contribution in [0.4, 0.5) is 0 Å². The molecule has 0 saturated carbocycles. The lowest BCUT2D eigenvalue weighted by atomic mass is 10.3. The van der Waals surface area contributed by atoms with Crippen molar-refractivity contribution in [2.45, 2.75) is 6.92 Å². The molecule has 56 valence electrons. The maximum absolute atomic E-state index is 9.30. The molecule has 2 rings (SSSR count). The molecule has 11 heavy (non-hydrogen) atoms. The molecule has 4 nitrogen and oxygen atoms in total. The summed E-state index contributed by atoms with van der Waals surface area (Å²) in [5.41, 5.74) is 1.64. The first-order chi connectivity index (χ1) is 5.27. The fourth-order valence-electron chi connectivity index (χ4n) is 1.04. The van der Waals surface area contributed by atoms with Crippen molar-refractivity contribution in [3.05, 3.63) is 24.0 Å². The van der Waals surface area contributed by atoms with Crippen molar-refractivity contribution in [2.24, 2.45) is 0 Å². The zero-order valence-corrected chi connectivity index (χ0v) is 6.02. The van der Waals surface area contributed by atoms with Crippen LogP contribution in [0.2, 0.25) is 0 Å². The smallest absolute Gasteiger partial charge is 0.214 e. The molecule has 4 heteroatoms. The molecule has 1 N–H and O–H groups in total. The lowest BCUT2D eigenvalue weighted by Gasteiger charge is -1.96. The van der Waals surface area contributed by atoms with Gasteiger partial charge in [0.2, 0.25) is 5.88 Å². The van der Waals surface area contributed by atoms with Gasteiger partial charge in [0.05, 0.1) is 0 Å². The molecule has 0 fully saturated rings. The van der Waals surface area contributed by atoms with Crippen LogP contribution in [0.3, 0.4) is 0 Å². The molecule has 2 aromatic heterocycles. The number of hydrogen-bond donors (Lipinski definition) is 1. The van der Waals surface area contributed by atoms with Crippen molar-refractivity contribution >= 4 is 5.65 Å². The second kappa shape index (κ2) is 1.95. The van der Waals surface area contributed by atoms with E-state index in [-0.39, 0.29) is 5.88 Å². The minimum atomic E-state index is 0.123. The Bertz CT molecular complexity index is 393. The van der Waals surface area contributed by atoms with Gasteiger partial charge in [0, 0.05) is 6.07 Å². The predicted octanol–water partition coefficient (Wildman–Crippen LogP) is 0.743. The normalized spacial score (nSPS) is 10.6. The molecule has 0 spiro atoms. The summed E-state index contributed by atoms with van der Waals surface area (Å²) >= 11 is 0. The first-order valence-electron chi connectivity index (χ1n) is 3.27. The van der Waals surface area contributed by atoms with Crippen molar-refractivity contribution in [1.82, 2.24) is 14.6 Å². The zero-order chi connectivity index (χ0) is 7.84. The number of fused-ring (bicyclic) bond motifs is 1. The second-order valence-corrected chi connectivity index (χ2v) is 2.42. The van der Waals surface area contributed by atoms with E-state index < -0.39 is 0 Å². The van der Waals surface area contributed by atoms with E-state index in [0.29, 0.717) is 5.65 Å². The van der Waals surface area contributed by atoms with E-state index in [1.807, 2.05) is 13.0 Å². The van der Waals surface area contributed by atoms with Gasteiger partial charge in [-0.2, -0.15) is 9.61 Å². The van der Waals surface area contributed by atoms with Gasteiger partial charge in [-0.3, -0.25) is 0 Å². The summed E-state index contributed by atoms with van der Waals surface area (Å²) in [7, 11) is 0. The highest BCUT2D eigenvalue weighted by Crippen LogP contribution is 2.12. The summed E-state index contributed by atoms with van der Waals surface area (Å²) < 4.78 is 1.38. The van der Waals surface area contributed by atoms with Crippen LogP contribution < -0.4 is 0 Å². The third kappa shape index (κ3) is 0.832. The molecule has 0 aliphatic carbocycles. The quantitative estimate of drug-likeness (QED) is 0.601. The second-order valence-electron chi connectivity index (χ2n) is 2.42. The average molecular weight is 149 g/mol. The Hall–Kier alpha value is -1.58. The van der Waals surface area contributed by atoms with Gasteiger partial charge in [-0.05, 0) is 18.6 Å². The SMILES string of the molecule is Cc1cc(O)n2ncnc2c1. The van der Waals surface area contributed by atoms with Crippen LogP contribution in [0.5, 0.6) is 5.88 Å². The van der Waals surface area contributed by atoms with Crippen molar-refractivity contribution in [3.8, 4) is 5.88 Å². The molecule has 0 unspecified atom stereocenters. The van der Waals surface area contributed by atoms with Gasteiger partial charge in [-0.25, -0.2) is 4.98 Å². The highest BCUT2D eigenvalue weighted by molar-refractivity contribution is 5.42. The number of aromatic nitrogens is 3. The van der Waals surface area contributed by atoms with E-state index in [9.17, 15) is 5.11 Å². The van der Waals surface area contributed by atoms with E-state index >= 15 is 0 Å². The van der Waals surface area contributed by atoms with Crippen molar-refractivity contribution in [3.63, 3.8) is 0 Å². The number of nitrogens with zero attached hydrogens (tertiary/aromatic N) is 3. The molecular formula is C7H7N3O. The van der Waals surface area contributed by atoms with Crippen LogP contribution in [-0.4, -0.2) is 19.7 Å². The highest BCUT2D eigenvalue weighted by atomic mass is 16.3. The van der Waals surface area contributed by atoms with E-state index in [0.717, 1.165) is 5.56 Å². The molecule has 0 aromatic carbocycles. The minimum Gasteiger partial charge on any atom is -0.493 e. The fourth-order valence-corrected chi connectivity index (χ4v) is 1.04. The monoisotopic (exact) mass is 149 g/mol. The third-order valence-electron chi connectivity index (χ3n) is 1.50. The highest BCUT2D eigenvalue weighted by Gasteiger charge is 2.00. The van der Waals surface area contributed by atoms with Crippen LogP contribution in [0.1, 0.15) is 5.56 Å². The van der Waals surface area contributed by atoms with Crippen LogP contribution in [0, 0.1) is 6.92 Å². The van der Waals surface area contributed by atoms with Gasteiger partial charge in [-0.1, -0.05) is 0 Å². The Labute approximate surface area is 63.1 Å². The lowest BCUT2D eigenvalue weighted by molar-refractivity contribution is 0.436. The Balaban J connectivity index is 2.91. The van der Waals surface area contributed by atoms with E-state index in [2.05, 4.69) is 10.1 Å². The molecule has 0 aliphatic heterocycles. The molecule has 2 heterocycles. The van der Waals surface area contributed by atoms with Gasteiger partial charge in [-0.15, -0.1) is 0 Å². The van der Waals surface area contributed by atoms with Crippen molar-refractivity contribution in [1.29, 1.82) is 0 Å². The topological polar surface area (TPSA) is 50.4 Å². The van der Waals surface area contributed by atoms with E-state index in [4.69, 9.17) is 0 Å². The van der Waals surface area contributed by atoms with E-state index in [1.165, 1.54) is 10.8 Å². The van der Waals surface area contributed by atoms with Crippen LogP contribution in [0.25, 0.3) is 5.65 Å². The number of hydrogen-bond acceptors (Lipinski definition) is 3.